The number of ether oxygens (including phenoxy) is 1. The molecule has 20 heavy (non-hydrogen) atoms. The predicted molar refractivity (Wildman–Crippen MR) is 69.4 cm³/mol. The molecule has 0 radical (unpaired) electrons. The first kappa shape index (κ1) is 13.8. The number of pyridine rings is 1. The van der Waals surface area contributed by atoms with E-state index in [-0.39, 0.29) is 28.0 Å². The van der Waals surface area contributed by atoms with Crippen LogP contribution in [-0.4, -0.2) is 21.0 Å². The van der Waals surface area contributed by atoms with Gasteiger partial charge in [0.2, 0.25) is 5.88 Å². The maximum Gasteiger partial charge on any atom is 0.356 e. The normalized spacial score (nSPS) is 10.1. The van der Waals surface area contributed by atoms with Gasteiger partial charge in [-0.1, -0.05) is 17.7 Å². The number of carboxylic acid groups (broad SMARTS) is 1. The van der Waals surface area contributed by atoms with E-state index >= 15 is 0 Å². The van der Waals surface area contributed by atoms with Crippen LogP contribution in [0.15, 0.2) is 36.4 Å². The van der Waals surface area contributed by atoms with E-state index in [1.165, 1.54) is 36.4 Å². The fourth-order valence-corrected chi connectivity index (χ4v) is 1.60. The van der Waals surface area contributed by atoms with Crippen LogP contribution in [0.1, 0.15) is 10.5 Å². The fourth-order valence-electron chi connectivity index (χ4n) is 1.41. The van der Waals surface area contributed by atoms with Gasteiger partial charge < -0.3 is 9.84 Å². The van der Waals surface area contributed by atoms with Crippen molar-refractivity contribution in [1.29, 1.82) is 0 Å². The van der Waals surface area contributed by atoms with Crippen LogP contribution >= 0.6 is 11.6 Å². The number of hydrogen-bond acceptors (Lipinski definition) is 5. The maximum absolute atomic E-state index is 10.9. The summed E-state index contributed by atoms with van der Waals surface area (Å²) >= 11 is 5.67. The summed E-state index contributed by atoms with van der Waals surface area (Å²) in [6.07, 6.45) is 0. The topological polar surface area (TPSA) is 103 Å². The zero-order valence-corrected chi connectivity index (χ0v) is 10.6. The number of aromatic nitrogens is 1. The minimum atomic E-state index is -1.29. The Morgan fingerprint density at radius 3 is 2.75 bits per heavy atom. The highest BCUT2D eigenvalue weighted by molar-refractivity contribution is 6.33. The van der Waals surface area contributed by atoms with E-state index in [9.17, 15) is 14.9 Å². The van der Waals surface area contributed by atoms with Gasteiger partial charge in [-0.3, -0.25) is 10.1 Å². The number of benzene rings is 1. The highest BCUT2D eigenvalue weighted by Crippen LogP contribution is 2.25. The molecule has 102 valence electrons. The van der Waals surface area contributed by atoms with Crippen LogP contribution in [0.4, 0.5) is 5.69 Å². The molecule has 1 N–H and O–H groups in total. The molecule has 0 bridgehead atoms. The van der Waals surface area contributed by atoms with E-state index in [0.29, 0.717) is 0 Å². The number of halogens is 1. The number of carbonyl (C=O) groups is 1. The third kappa shape index (κ3) is 3.01. The lowest BCUT2D eigenvalue weighted by Crippen LogP contribution is -2.02. The smallest absolute Gasteiger partial charge is 0.356 e. The van der Waals surface area contributed by atoms with Gasteiger partial charge in [0.25, 0.3) is 5.69 Å². The van der Waals surface area contributed by atoms with Crippen LogP contribution in [0, 0.1) is 10.1 Å². The molecule has 1 heterocycles. The molecule has 0 saturated carbocycles. The van der Waals surface area contributed by atoms with Gasteiger partial charge in [0, 0.05) is 12.1 Å². The van der Waals surface area contributed by atoms with Gasteiger partial charge in [-0.15, -0.1) is 0 Å². The van der Waals surface area contributed by atoms with Gasteiger partial charge in [-0.2, -0.15) is 0 Å². The summed E-state index contributed by atoms with van der Waals surface area (Å²) < 4.78 is 5.28. The first-order valence-electron chi connectivity index (χ1n) is 5.29. The average Bonchev–Trinajstić information content (AvgIpc) is 2.41. The third-order valence-electron chi connectivity index (χ3n) is 2.27. The SMILES string of the molecule is O=C(O)c1nc(Oc2cccc([N+](=O)[O-])c2)ccc1Cl. The minimum absolute atomic E-state index is 0.0210. The zero-order valence-electron chi connectivity index (χ0n) is 9.82. The van der Waals surface area contributed by atoms with Crippen molar-refractivity contribution < 1.29 is 19.6 Å². The van der Waals surface area contributed by atoms with Gasteiger partial charge in [0.1, 0.15) is 5.75 Å². The summed E-state index contributed by atoms with van der Waals surface area (Å²) in [6.45, 7) is 0. The number of nitrogens with zero attached hydrogens (tertiary/aromatic N) is 2. The first-order chi connectivity index (χ1) is 9.47. The van der Waals surface area contributed by atoms with Crippen LogP contribution in [-0.2, 0) is 0 Å². The van der Waals surface area contributed by atoms with Crippen molar-refractivity contribution in [3.63, 3.8) is 0 Å². The Hall–Kier alpha value is -2.67. The maximum atomic E-state index is 10.9. The van der Waals surface area contributed by atoms with Gasteiger partial charge in [0.05, 0.1) is 16.0 Å². The summed E-state index contributed by atoms with van der Waals surface area (Å²) in [5.41, 5.74) is -0.496. The number of hydrogen-bond donors (Lipinski definition) is 1. The summed E-state index contributed by atoms with van der Waals surface area (Å²) in [5, 5.41) is 19.5. The Morgan fingerprint density at radius 2 is 2.10 bits per heavy atom. The molecular weight excluding hydrogens is 288 g/mol. The van der Waals surface area contributed by atoms with Crippen molar-refractivity contribution in [2.24, 2.45) is 0 Å². The Kier molecular flexibility index (Phi) is 3.81. The summed E-state index contributed by atoms with van der Waals surface area (Å²) in [4.78, 5) is 24.7. The molecule has 7 nitrogen and oxygen atoms in total. The van der Waals surface area contributed by atoms with Gasteiger partial charge in [0.15, 0.2) is 5.69 Å². The number of nitro benzene ring substituents is 1. The van der Waals surface area contributed by atoms with Crippen LogP contribution in [0.3, 0.4) is 0 Å². The van der Waals surface area contributed by atoms with Crippen molar-refractivity contribution in [2.45, 2.75) is 0 Å². The van der Waals surface area contributed by atoms with E-state index in [2.05, 4.69) is 4.98 Å². The van der Waals surface area contributed by atoms with E-state index < -0.39 is 10.9 Å². The number of non-ortho nitro benzene ring substituents is 1. The number of aromatic carboxylic acids is 1. The Bertz CT molecular complexity index is 689. The number of carboxylic acids is 1. The zero-order chi connectivity index (χ0) is 14.7. The van der Waals surface area contributed by atoms with Crippen molar-refractivity contribution in [3.05, 3.63) is 57.2 Å². The number of rotatable bonds is 4. The van der Waals surface area contributed by atoms with Crippen LogP contribution in [0.25, 0.3) is 0 Å². The highest BCUT2D eigenvalue weighted by Gasteiger charge is 2.13. The van der Waals surface area contributed by atoms with Gasteiger partial charge in [-0.05, 0) is 12.1 Å². The molecule has 0 atom stereocenters. The lowest BCUT2D eigenvalue weighted by Gasteiger charge is -2.06. The minimum Gasteiger partial charge on any atom is -0.476 e. The molecule has 0 unspecified atom stereocenters. The molecule has 1 aromatic heterocycles. The monoisotopic (exact) mass is 294 g/mol. The Morgan fingerprint density at radius 1 is 1.35 bits per heavy atom. The first-order valence-corrected chi connectivity index (χ1v) is 5.67. The molecule has 0 spiro atoms. The van der Waals surface area contributed by atoms with E-state index in [1.807, 2.05) is 0 Å². The van der Waals surface area contributed by atoms with Crippen molar-refractivity contribution in [1.82, 2.24) is 4.98 Å². The summed E-state index contributed by atoms with van der Waals surface area (Å²) in [5.74, 6) is -1.14. The summed E-state index contributed by atoms with van der Waals surface area (Å²) in [6, 6.07) is 8.14. The molecule has 0 fully saturated rings. The van der Waals surface area contributed by atoms with E-state index in [0.717, 1.165) is 0 Å². The fraction of sp³-hybridized carbons (Fsp3) is 0. The van der Waals surface area contributed by atoms with Crippen molar-refractivity contribution >= 4 is 23.3 Å². The molecule has 0 saturated heterocycles. The lowest BCUT2D eigenvalue weighted by molar-refractivity contribution is -0.384. The Balaban J connectivity index is 2.30. The summed E-state index contributed by atoms with van der Waals surface area (Å²) in [7, 11) is 0. The van der Waals surface area contributed by atoms with Crippen LogP contribution < -0.4 is 4.74 Å². The van der Waals surface area contributed by atoms with E-state index in [1.54, 1.807) is 0 Å². The van der Waals surface area contributed by atoms with Crippen LogP contribution in [0.5, 0.6) is 11.6 Å². The quantitative estimate of drug-likeness (QED) is 0.686. The van der Waals surface area contributed by atoms with Gasteiger partial charge >= 0.3 is 5.97 Å². The third-order valence-corrected chi connectivity index (χ3v) is 2.58. The highest BCUT2D eigenvalue weighted by atomic mass is 35.5. The molecule has 0 aliphatic rings. The molecular formula is C12H7ClN2O5. The van der Waals surface area contributed by atoms with E-state index in [4.69, 9.17) is 21.4 Å². The van der Waals surface area contributed by atoms with Gasteiger partial charge in [-0.25, -0.2) is 9.78 Å². The standard InChI is InChI=1S/C12H7ClN2O5/c13-9-4-5-10(14-11(9)12(16)17)20-8-3-1-2-7(6-8)15(18)19/h1-6H,(H,16,17). The molecule has 0 aliphatic carbocycles. The van der Waals surface area contributed by atoms with Crippen LogP contribution in [0.2, 0.25) is 5.02 Å². The molecule has 2 rings (SSSR count). The second-order valence-corrected chi connectivity index (χ2v) is 4.05. The Labute approximate surface area is 117 Å². The molecule has 0 aliphatic heterocycles. The predicted octanol–water partition coefficient (Wildman–Crippen LogP) is 3.13. The molecule has 2 aromatic rings. The largest absolute Gasteiger partial charge is 0.476 e. The molecule has 1 aromatic carbocycles. The second-order valence-electron chi connectivity index (χ2n) is 3.64. The number of nitro groups is 1. The average molecular weight is 295 g/mol. The lowest BCUT2D eigenvalue weighted by atomic mass is 10.3. The second kappa shape index (κ2) is 5.54. The van der Waals surface area contributed by atoms with Crippen molar-refractivity contribution in [2.75, 3.05) is 0 Å². The van der Waals surface area contributed by atoms with Crippen molar-refractivity contribution in [3.8, 4) is 11.6 Å². The molecule has 8 heteroatoms. The molecule has 0 amide bonds.